The van der Waals surface area contributed by atoms with Crippen molar-refractivity contribution in [1.29, 1.82) is 0 Å². The van der Waals surface area contributed by atoms with Crippen molar-refractivity contribution in [2.75, 3.05) is 0 Å². The molecule has 66 valence electrons. The van der Waals surface area contributed by atoms with Gasteiger partial charge in [-0.3, -0.25) is 9.51 Å². The van der Waals surface area contributed by atoms with Crippen molar-refractivity contribution >= 4 is 5.57 Å². The van der Waals surface area contributed by atoms with Gasteiger partial charge in [0.1, 0.15) is 0 Å². The average Bonchev–Trinajstić information content (AvgIpc) is 2.79. The molecule has 0 spiro atoms. The summed E-state index contributed by atoms with van der Waals surface area (Å²) in [5.74, 6) is 1.41. The van der Waals surface area contributed by atoms with Crippen LogP contribution in [0.2, 0.25) is 0 Å². The Morgan fingerprint density at radius 3 is 3.15 bits per heavy atom. The van der Waals surface area contributed by atoms with Gasteiger partial charge in [-0.2, -0.15) is 0 Å². The highest BCUT2D eigenvalue weighted by Gasteiger charge is 2.35. The van der Waals surface area contributed by atoms with E-state index in [1.54, 1.807) is 0 Å². The first-order valence-corrected chi connectivity index (χ1v) is 4.29. The van der Waals surface area contributed by atoms with Crippen molar-refractivity contribution in [3.8, 4) is 0 Å². The lowest BCUT2D eigenvalue weighted by Gasteiger charge is -2.00. The van der Waals surface area contributed by atoms with Gasteiger partial charge in [-0.15, -0.1) is 0 Å². The first-order chi connectivity index (χ1) is 6.33. The number of hydrogen-bond acceptors (Lipinski definition) is 3. The summed E-state index contributed by atoms with van der Waals surface area (Å²) in [5.41, 5.74) is 0.963. The Hall–Kier alpha value is -1.58. The van der Waals surface area contributed by atoms with Gasteiger partial charge in [0.25, 0.3) is 0 Å². The number of nitrogens with zero attached hydrogens (tertiary/aromatic N) is 1. The summed E-state index contributed by atoms with van der Waals surface area (Å²) < 4.78 is 4.43. The molecule has 1 N–H and O–H groups in total. The molecule has 2 atom stereocenters. The molecular weight excluding hydrogens is 168 g/mol. The van der Waals surface area contributed by atoms with Gasteiger partial charge in [-0.05, 0) is 18.3 Å². The predicted molar refractivity (Wildman–Crippen MR) is 45.8 cm³/mol. The summed E-state index contributed by atoms with van der Waals surface area (Å²) in [6.45, 7) is 0. The monoisotopic (exact) mass is 176 g/mol. The van der Waals surface area contributed by atoms with Crippen molar-refractivity contribution < 1.29 is 4.52 Å². The van der Waals surface area contributed by atoms with Crippen LogP contribution in [0.15, 0.2) is 27.5 Å². The summed E-state index contributed by atoms with van der Waals surface area (Å²) in [7, 11) is 0. The molecule has 4 heteroatoms. The molecule has 1 saturated carbocycles. The summed E-state index contributed by atoms with van der Waals surface area (Å²) >= 11 is 0. The van der Waals surface area contributed by atoms with Crippen molar-refractivity contribution in [2.24, 2.45) is 11.8 Å². The van der Waals surface area contributed by atoms with Gasteiger partial charge in [0, 0.05) is 5.57 Å². The van der Waals surface area contributed by atoms with Crippen LogP contribution < -0.4 is 5.76 Å². The molecule has 1 aromatic heterocycles. The summed E-state index contributed by atoms with van der Waals surface area (Å²) in [6, 6.07) is 0. The van der Waals surface area contributed by atoms with Crippen LogP contribution >= 0.6 is 0 Å². The van der Waals surface area contributed by atoms with Gasteiger partial charge in [0.15, 0.2) is 5.82 Å². The molecule has 0 amide bonds. The van der Waals surface area contributed by atoms with Crippen molar-refractivity contribution in [2.45, 2.75) is 6.42 Å². The van der Waals surface area contributed by atoms with Gasteiger partial charge in [-0.1, -0.05) is 23.4 Å². The lowest BCUT2D eigenvalue weighted by Crippen LogP contribution is -1.97. The molecule has 2 aliphatic carbocycles. The number of H-pyrrole nitrogens is 1. The number of aromatic amines is 1. The van der Waals surface area contributed by atoms with E-state index < -0.39 is 5.76 Å². The number of rotatable bonds is 1. The molecule has 1 fully saturated rings. The highest BCUT2D eigenvalue weighted by molar-refractivity contribution is 5.71. The molecule has 1 aromatic rings. The molecule has 0 aliphatic heterocycles. The van der Waals surface area contributed by atoms with Crippen LogP contribution in [0.4, 0.5) is 0 Å². The number of fused-ring (bicyclic) bond motifs is 1. The number of aromatic nitrogens is 2. The minimum atomic E-state index is -0.498. The van der Waals surface area contributed by atoms with E-state index in [9.17, 15) is 4.79 Å². The van der Waals surface area contributed by atoms with E-state index in [2.05, 4.69) is 26.8 Å². The minimum Gasteiger partial charge on any atom is -0.296 e. The fourth-order valence-corrected chi connectivity index (χ4v) is 1.67. The van der Waals surface area contributed by atoms with Gasteiger partial charge in [0.2, 0.25) is 0 Å². The SMILES string of the molecule is O=c1[nH]c(C2=CC3CC3C=C2)no1. The highest BCUT2D eigenvalue weighted by Crippen LogP contribution is 2.45. The zero-order valence-electron chi connectivity index (χ0n) is 6.86. The third-order valence-electron chi connectivity index (χ3n) is 2.52. The van der Waals surface area contributed by atoms with Crippen molar-refractivity contribution in [1.82, 2.24) is 10.1 Å². The zero-order chi connectivity index (χ0) is 8.84. The van der Waals surface area contributed by atoms with Crippen LogP contribution in [0.1, 0.15) is 12.2 Å². The Bertz CT molecular complexity index is 452. The molecule has 0 bridgehead atoms. The number of nitrogens with one attached hydrogen (secondary N) is 1. The first-order valence-electron chi connectivity index (χ1n) is 4.29. The van der Waals surface area contributed by atoms with Crippen LogP contribution in [0.3, 0.4) is 0 Å². The highest BCUT2D eigenvalue weighted by atomic mass is 16.5. The van der Waals surface area contributed by atoms with E-state index in [1.807, 2.05) is 6.08 Å². The molecule has 2 aliphatic rings. The first kappa shape index (κ1) is 6.88. The molecular formula is C9H8N2O2. The second-order valence-corrected chi connectivity index (χ2v) is 3.49. The molecule has 3 rings (SSSR count). The van der Waals surface area contributed by atoms with Crippen molar-refractivity contribution in [3.05, 3.63) is 34.6 Å². The Kier molecular flexibility index (Phi) is 1.17. The summed E-state index contributed by atoms with van der Waals surface area (Å²) in [5, 5.41) is 3.63. The van der Waals surface area contributed by atoms with Gasteiger partial charge < -0.3 is 0 Å². The van der Waals surface area contributed by atoms with Crippen LogP contribution in [0, 0.1) is 11.8 Å². The molecule has 0 radical (unpaired) electrons. The molecule has 0 aromatic carbocycles. The summed E-state index contributed by atoms with van der Waals surface area (Å²) in [4.78, 5) is 13.2. The van der Waals surface area contributed by atoms with Crippen LogP contribution in [0.5, 0.6) is 0 Å². The quantitative estimate of drug-likeness (QED) is 0.693. The van der Waals surface area contributed by atoms with E-state index in [-0.39, 0.29) is 0 Å². The molecule has 0 saturated heterocycles. The predicted octanol–water partition coefficient (Wildman–Crippen LogP) is 0.952. The Morgan fingerprint density at radius 2 is 2.46 bits per heavy atom. The second kappa shape index (κ2) is 2.22. The van der Waals surface area contributed by atoms with Crippen molar-refractivity contribution in [3.63, 3.8) is 0 Å². The van der Waals surface area contributed by atoms with E-state index in [1.165, 1.54) is 6.42 Å². The fraction of sp³-hybridized carbons (Fsp3) is 0.333. The van der Waals surface area contributed by atoms with Gasteiger partial charge in [0.05, 0.1) is 0 Å². The average molecular weight is 176 g/mol. The lowest BCUT2D eigenvalue weighted by atomic mass is 10.1. The smallest absolute Gasteiger partial charge is 0.296 e. The Morgan fingerprint density at radius 1 is 1.54 bits per heavy atom. The van der Waals surface area contributed by atoms with Gasteiger partial charge >= 0.3 is 5.76 Å². The lowest BCUT2D eigenvalue weighted by molar-refractivity contribution is 0.385. The maximum atomic E-state index is 10.7. The van der Waals surface area contributed by atoms with E-state index >= 15 is 0 Å². The topological polar surface area (TPSA) is 58.9 Å². The Labute approximate surface area is 73.9 Å². The minimum absolute atomic E-state index is 0.498. The van der Waals surface area contributed by atoms with Crippen LogP contribution in [-0.2, 0) is 0 Å². The standard InChI is InChI=1S/C9H8N2O2/c12-9-10-8(11-13-9)6-2-1-5-3-7(5)4-6/h1-2,4-5,7H,3H2,(H,10,11,12). The maximum absolute atomic E-state index is 10.7. The van der Waals surface area contributed by atoms with Gasteiger partial charge in [-0.25, -0.2) is 4.79 Å². The Balaban J connectivity index is 2.01. The number of hydrogen-bond donors (Lipinski definition) is 1. The molecule has 1 heterocycles. The third-order valence-corrected chi connectivity index (χ3v) is 2.52. The maximum Gasteiger partial charge on any atom is 0.439 e. The zero-order valence-corrected chi connectivity index (χ0v) is 6.86. The van der Waals surface area contributed by atoms with Crippen LogP contribution in [-0.4, -0.2) is 10.1 Å². The molecule has 2 unspecified atom stereocenters. The van der Waals surface area contributed by atoms with E-state index in [0.29, 0.717) is 11.7 Å². The van der Waals surface area contributed by atoms with E-state index in [0.717, 1.165) is 11.5 Å². The molecule has 13 heavy (non-hydrogen) atoms. The summed E-state index contributed by atoms with van der Waals surface area (Å²) in [6.07, 6.45) is 7.51. The number of allylic oxidation sites excluding steroid dienone is 4. The fourth-order valence-electron chi connectivity index (χ4n) is 1.67. The largest absolute Gasteiger partial charge is 0.439 e. The van der Waals surface area contributed by atoms with E-state index in [4.69, 9.17) is 0 Å². The second-order valence-electron chi connectivity index (χ2n) is 3.49. The molecule has 4 nitrogen and oxygen atoms in total. The van der Waals surface area contributed by atoms with Crippen LogP contribution in [0.25, 0.3) is 5.57 Å². The third kappa shape index (κ3) is 1.06. The normalized spacial score (nSPS) is 29.7.